The lowest BCUT2D eigenvalue weighted by molar-refractivity contribution is -0.205. The summed E-state index contributed by atoms with van der Waals surface area (Å²) >= 11 is 2.87. The lowest BCUT2D eigenvalue weighted by Gasteiger charge is -2.44. The third-order valence-electron chi connectivity index (χ3n) is 8.85. The molecular formula is C32H52N2O6S2. The Morgan fingerprint density at radius 3 is 2.40 bits per heavy atom. The number of rotatable bonds is 11. The molecule has 3 heterocycles. The zero-order valence-electron chi connectivity index (χ0n) is 25.9. The number of aliphatic hydroxyl groups is 3. The zero-order chi connectivity index (χ0) is 30.6. The Labute approximate surface area is 260 Å². The molecule has 1 amide bonds. The van der Waals surface area contributed by atoms with Crippen LogP contribution in [0.2, 0.25) is 0 Å². The summed E-state index contributed by atoms with van der Waals surface area (Å²) in [5, 5.41) is 38.7. The van der Waals surface area contributed by atoms with E-state index < -0.39 is 41.9 Å². The van der Waals surface area contributed by atoms with Crippen LogP contribution in [0.25, 0.3) is 0 Å². The summed E-state index contributed by atoms with van der Waals surface area (Å²) in [5.41, 5.74) is 0.552. The van der Waals surface area contributed by atoms with Gasteiger partial charge in [0.25, 0.3) is 0 Å². The van der Waals surface area contributed by atoms with Gasteiger partial charge in [0.05, 0.1) is 12.1 Å². The van der Waals surface area contributed by atoms with E-state index >= 15 is 0 Å². The molecule has 0 radical (unpaired) electrons. The van der Waals surface area contributed by atoms with Crippen LogP contribution in [0.1, 0.15) is 59.4 Å². The van der Waals surface area contributed by atoms with E-state index in [9.17, 15) is 20.1 Å². The van der Waals surface area contributed by atoms with Gasteiger partial charge in [-0.2, -0.15) is 0 Å². The van der Waals surface area contributed by atoms with Crippen molar-refractivity contribution in [2.45, 2.75) is 118 Å². The third kappa shape index (κ3) is 8.44. The molecule has 42 heavy (non-hydrogen) atoms. The van der Waals surface area contributed by atoms with Gasteiger partial charge in [0, 0.05) is 23.3 Å². The van der Waals surface area contributed by atoms with Gasteiger partial charge < -0.3 is 35.4 Å². The largest absolute Gasteiger partial charge is 0.388 e. The van der Waals surface area contributed by atoms with Gasteiger partial charge in [-0.15, -0.1) is 23.5 Å². The fraction of sp³-hybridized carbons (Fsp3) is 0.781. The molecule has 238 valence electrons. The molecule has 11 atom stereocenters. The number of carbonyl (C=O) groups excluding carboxylic acids is 1. The Hall–Kier alpha value is -0.850. The van der Waals surface area contributed by atoms with Crippen LogP contribution in [-0.4, -0.2) is 93.9 Å². The monoisotopic (exact) mass is 624 g/mol. The average Bonchev–Trinajstić information content (AvgIpc) is 3.22. The number of hydrogen-bond acceptors (Lipinski definition) is 9. The number of ether oxygens (including phenoxy) is 2. The van der Waals surface area contributed by atoms with E-state index in [1.165, 1.54) is 23.7 Å². The van der Waals surface area contributed by atoms with Crippen molar-refractivity contribution in [1.29, 1.82) is 0 Å². The first-order valence-corrected chi connectivity index (χ1v) is 17.8. The van der Waals surface area contributed by atoms with Crippen molar-refractivity contribution in [3.8, 4) is 0 Å². The summed E-state index contributed by atoms with van der Waals surface area (Å²) in [6.45, 7) is 12.3. The molecule has 3 fully saturated rings. The van der Waals surface area contributed by atoms with E-state index in [0.717, 1.165) is 30.7 Å². The molecule has 3 saturated heterocycles. The Bertz CT molecular complexity index is 996. The van der Waals surface area contributed by atoms with Crippen molar-refractivity contribution in [2.75, 3.05) is 19.4 Å². The number of amides is 1. The minimum atomic E-state index is -1.38. The van der Waals surface area contributed by atoms with Gasteiger partial charge in [-0.25, -0.2) is 0 Å². The Morgan fingerprint density at radius 2 is 1.76 bits per heavy atom. The van der Waals surface area contributed by atoms with E-state index in [4.69, 9.17) is 9.47 Å². The summed E-state index contributed by atoms with van der Waals surface area (Å²) in [6, 6.07) is 7.32. The second-order valence-corrected chi connectivity index (χ2v) is 15.7. The van der Waals surface area contributed by atoms with Crippen molar-refractivity contribution >= 4 is 29.4 Å². The molecule has 3 aliphatic rings. The van der Waals surface area contributed by atoms with Crippen LogP contribution in [0, 0.1) is 23.7 Å². The first kappa shape index (κ1) is 34.0. The first-order chi connectivity index (χ1) is 20.0. The Morgan fingerprint density at radius 1 is 1.05 bits per heavy atom. The van der Waals surface area contributed by atoms with Crippen molar-refractivity contribution < 1.29 is 29.6 Å². The molecule has 0 aromatic heterocycles. The van der Waals surface area contributed by atoms with E-state index in [2.05, 4.69) is 62.6 Å². The first-order valence-electron chi connectivity index (χ1n) is 15.6. The SMILES string of the molecule is CSC1OC([C@H](NC(=O)[C@H]2NC[C@@H]3C[C@H](CC(C)C)CCO[C@H]32)[C@H](C)Sc2ccc(CC(C)C)cc2)C(O)C(O)C1O. The lowest BCUT2D eigenvalue weighted by atomic mass is 9.85. The van der Waals surface area contributed by atoms with Crippen LogP contribution in [0.15, 0.2) is 29.2 Å². The molecule has 0 saturated carbocycles. The van der Waals surface area contributed by atoms with Gasteiger partial charge >= 0.3 is 0 Å². The average molecular weight is 625 g/mol. The smallest absolute Gasteiger partial charge is 0.240 e. The van der Waals surface area contributed by atoms with Gasteiger partial charge in [0.1, 0.15) is 35.9 Å². The Balaban J connectivity index is 1.52. The minimum absolute atomic E-state index is 0.188. The van der Waals surface area contributed by atoms with Gasteiger partial charge in [-0.05, 0) is 73.3 Å². The molecule has 0 bridgehead atoms. The molecular weight excluding hydrogens is 572 g/mol. The molecule has 5 unspecified atom stereocenters. The number of carbonyl (C=O) groups is 1. The molecule has 8 nitrogen and oxygen atoms in total. The molecule has 0 aliphatic carbocycles. The topological polar surface area (TPSA) is 120 Å². The van der Waals surface area contributed by atoms with E-state index in [1.807, 2.05) is 6.92 Å². The molecule has 3 aliphatic heterocycles. The molecule has 1 aromatic rings. The molecule has 1 aromatic carbocycles. The van der Waals surface area contributed by atoms with Gasteiger partial charge in [0.2, 0.25) is 5.91 Å². The number of benzene rings is 1. The van der Waals surface area contributed by atoms with Crippen LogP contribution in [0.4, 0.5) is 0 Å². The van der Waals surface area contributed by atoms with Crippen LogP contribution >= 0.6 is 23.5 Å². The number of aliphatic hydroxyl groups excluding tert-OH is 3. The summed E-state index contributed by atoms with van der Waals surface area (Å²) in [6.07, 6.45) is 0.946. The number of thioether (sulfide) groups is 2. The van der Waals surface area contributed by atoms with Crippen molar-refractivity contribution in [2.24, 2.45) is 23.7 Å². The molecule has 0 spiro atoms. The maximum atomic E-state index is 13.9. The second-order valence-electron chi connectivity index (χ2n) is 13.3. The fourth-order valence-corrected chi connectivity index (χ4v) is 8.59. The van der Waals surface area contributed by atoms with Crippen LogP contribution in [0.5, 0.6) is 0 Å². The van der Waals surface area contributed by atoms with Crippen LogP contribution < -0.4 is 10.6 Å². The van der Waals surface area contributed by atoms with E-state index in [-0.39, 0.29) is 23.2 Å². The predicted molar refractivity (Wildman–Crippen MR) is 170 cm³/mol. The summed E-state index contributed by atoms with van der Waals surface area (Å²) in [4.78, 5) is 15.0. The lowest BCUT2D eigenvalue weighted by Crippen LogP contribution is -2.65. The van der Waals surface area contributed by atoms with Gasteiger partial charge in [-0.3, -0.25) is 4.79 Å². The minimum Gasteiger partial charge on any atom is -0.388 e. The third-order valence-corrected chi connectivity index (χ3v) is 10.9. The van der Waals surface area contributed by atoms with E-state index in [0.29, 0.717) is 24.4 Å². The van der Waals surface area contributed by atoms with Gasteiger partial charge in [-0.1, -0.05) is 46.8 Å². The molecule has 4 rings (SSSR count). The van der Waals surface area contributed by atoms with Crippen LogP contribution in [0.3, 0.4) is 0 Å². The highest BCUT2D eigenvalue weighted by atomic mass is 32.2. The van der Waals surface area contributed by atoms with Crippen LogP contribution in [-0.2, 0) is 20.7 Å². The van der Waals surface area contributed by atoms with Crippen molar-refractivity contribution in [3.05, 3.63) is 29.8 Å². The summed E-state index contributed by atoms with van der Waals surface area (Å²) < 4.78 is 12.5. The van der Waals surface area contributed by atoms with Crippen molar-refractivity contribution in [1.82, 2.24) is 10.6 Å². The van der Waals surface area contributed by atoms with Gasteiger partial charge in [0.15, 0.2) is 0 Å². The fourth-order valence-electron chi connectivity index (χ4n) is 6.82. The zero-order valence-corrected chi connectivity index (χ0v) is 27.6. The number of hydrogen-bond donors (Lipinski definition) is 5. The number of fused-ring (bicyclic) bond motifs is 1. The maximum Gasteiger partial charge on any atom is 0.240 e. The molecule has 10 heteroatoms. The van der Waals surface area contributed by atoms with E-state index in [1.54, 1.807) is 18.0 Å². The highest BCUT2D eigenvalue weighted by Crippen LogP contribution is 2.36. The summed E-state index contributed by atoms with van der Waals surface area (Å²) in [7, 11) is 0. The Kier molecular flexibility index (Phi) is 12.5. The normalized spacial score (nSPS) is 35.1. The number of nitrogens with one attached hydrogen (secondary N) is 2. The highest BCUT2D eigenvalue weighted by molar-refractivity contribution is 8.00. The predicted octanol–water partition coefficient (Wildman–Crippen LogP) is 3.45. The highest BCUT2D eigenvalue weighted by Gasteiger charge is 2.50. The van der Waals surface area contributed by atoms with Crippen molar-refractivity contribution in [3.63, 3.8) is 0 Å². The molecule has 5 N–H and O–H groups in total. The maximum absolute atomic E-state index is 13.9. The summed E-state index contributed by atoms with van der Waals surface area (Å²) in [5.74, 6) is 1.89. The standard InChI is InChI=1S/C32H52N2O6S2/c1-17(2)13-20-7-9-23(10-8-20)42-19(5)24(30-27(36)26(35)28(37)32(40-30)41-6)34-31(38)25-29-22(16-33-25)15-21(11-12-39-29)14-18(3)4/h7-10,17-19,21-22,24-30,32-33,35-37H,11-16H2,1-6H3,(H,34,38)/t19-,21-,22-,24+,25-,26?,27?,28?,29+,30?,32?/m0/s1. The quantitative estimate of drug-likeness (QED) is 0.236. The second kappa shape index (κ2) is 15.4.